The number of rotatable bonds is 1. The molecule has 0 saturated carbocycles. The van der Waals surface area contributed by atoms with Gasteiger partial charge in [-0.15, -0.1) is 0 Å². The van der Waals surface area contributed by atoms with Crippen molar-refractivity contribution in [1.29, 1.82) is 0 Å². The molecule has 0 spiro atoms. The lowest BCUT2D eigenvalue weighted by Crippen LogP contribution is -1.96. The van der Waals surface area contributed by atoms with Crippen molar-refractivity contribution in [1.82, 2.24) is 15.0 Å². The predicted molar refractivity (Wildman–Crippen MR) is 77.2 cm³/mol. The molecule has 5 heteroatoms. The molecule has 100 valence electrons. The lowest BCUT2D eigenvalue weighted by Gasteiger charge is -2.08. The molecule has 0 fully saturated rings. The monoisotopic (exact) mass is 287 g/mol. The zero-order valence-electron chi connectivity index (χ0n) is 11.0. The lowest BCUT2D eigenvalue weighted by molar-refractivity contribution is 0.631. The molecule has 3 aromatic rings. The van der Waals surface area contributed by atoms with Gasteiger partial charge in [-0.05, 0) is 43.7 Å². The largest absolute Gasteiger partial charge is 0.249 e. The Hall–Kier alpha value is -2.07. The third-order valence-electron chi connectivity index (χ3n) is 3.24. The van der Waals surface area contributed by atoms with Crippen molar-refractivity contribution in [3.05, 3.63) is 52.7 Å². The van der Waals surface area contributed by atoms with Crippen molar-refractivity contribution in [3.8, 4) is 11.3 Å². The summed E-state index contributed by atoms with van der Waals surface area (Å²) in [4.78, 5) is 12.9. The van der Waals surface area contributed by atoms with E-state index in [0.717, 1.165) is 11.3 Å². The fraction of sp³-hybridized carbons (Fsp3) is 0.133. The predicted octanol–water partition coefficient (Wildman–Crippen LogP) is 4.10. The van der Waals surface area contributed by atoms with Crippen LogP contribution in [0.5, 0.6) is 0 Å². The third kappa shape index (κ3) is 2.12. The van der Waals surface area contributed by atoms with E-state index in [1.54, 1.807) is 12.1 Å². The standard InChI is InChI=1S/C15H11ClFN3/c1-8-5-13-15(20-9(8)2)14(19-7-18-13)11-4-3-10(16)6-12(11)17/h3-7H,1-2H3. The minimum atomic E-state index is -0.419. The van der Waals surface area contributed by atoms with Gasteiger partial charge in [-0.2, -0.15) is 0 Å². The SMILES string of the molecule is Cc1cc2ncnc(-c3ccc(Cl)cc3F)c2nc1C. The Bertz CT molecular complexity index is 818. The quantitative estimate of drug-likeness (QED) is 0.676. The van der Waals surface area contributed by atoms with E-state index in [0.29, 0.717) is 27.3 Å². The number of aryl methyl sites for hydroxylation is 2. The molecule has 0 amide bonds. The normalized spacial score (nSPS) is 11.0. The Morgan fingerprint density at radius 2 is 1.90 bits per heavy atom. The number of aromatic nitrogens is 3. The number of halogens is 2. The summed E-state index contributed by atoms with van der Waals surface area (Å²) in [5, 5.41) is 0.351. The maximum absolute atomic E-state index is 14.1. The lowest BCUT2D eigenvalue weighted by atomic mass is 10.1. The fourth-order valence-electron chi connectivity index (χ4n) is 2.05. The van der Waals surface area contributed by atoms with Crippen LogP contribution in [-0.2, 0) is 0 Å². The summed E-state index contributed by atoms with van der Waals surface area (Å²) < 4.78 is 14.1. The van der Waals surface area contributed by atoms with Crippen molar-refractivity contribution in [2.75, 3.05) is 0 Å². The van der Waals surface area contributed by atoms with Crippen molar-refractivity contribution >= 4 is 22.6 Å². The van der Waals surface area contributed by atoms with E-state index < -0.39 is 5.82 Å². The van der Waals surface area contributed by atoms with Crippen molar-refractivity contribution in [3.63, 3.8) is 0 Å². The molecule has 0 saturated heterocycles. The molecule has 2 aromatic heterocycles. The molecule has 20 heavy (non-hydrogen) atoms. The van der Waals surface area contributed by atoms with Gasteiger partial charge < -0.3 is 0 Å². The summed E-state index contributed by atoms with van der Waals surface area (Å²) in [6.45, 7) is 3.87. The minimum Gasteiger partial charge on any atom is -0.249 e. The molecule has 3 nitrogen and oxygen atoms in total. The van der Waals surface area contributed by atoms with Gasteiger partial charge >= 0.3 is 0 Å². The summed E-state index contributed by atoms with van der Waals surface area (Å²) in [6.07, 6.45) is 1.42. The molecule has 0 aliphatic carbocycles. The van der Waals surface area contributed by atoms with Gasteiger partial charge in [0.2, 0.25) is 0 Å². The van der Waals surface area contributed by atoms with Gasteiger partial charge in [0, 0.05) is 16.3 Å². The highest BCUT2D eigenvalue weighted by atomic mass is 35.5. The Morgan fingerprint density at radius 3 is 2.65 bits per heavy atom. The molecular formula is C15H11ClFN3. The molecule has 2 heterocycles. The minimum absolute atomic E-state index is 0.351. The van der Waals surface area contributed by atoms with E-state index in [9.17, 15) is 4.39 Å². The highest BCUT2D eigenvalue weighted by Gasteiger charge is 2.13. The second-order valence-electron chi connectivity index (χ2n) is 4.60. The van der Waals surface area contributed by atoms with Crippen molar-refractivity contribution in [2.45, 2.75) is 13.8 Å². The molecule has 3 rings (SSSR count). The van der Waals surface area contributed by atoms with E-state index >= 15 is 0 Å². The van der Waals surface area contributed by atoms with Crippen molar-refractivity contribution < 1.29 is 4.39 Å². The highest BCUT2D eigenvalue weighted by Crippen LogP contribution is 2.28. The van der Waals surface area contributed by atoms with Crippen LogP contribution in [0.25, 0.3) is 22.3 Å². The van der Waals surface area contributed by atoms with Gasteiger partial charge in [0.1, 0.15) is 23.4 Å². The van der Waals surface area contributed by atoms with Crippen LogP contribution < -0.4 is 0 Å². The molecule has 0 bridgehead atoms. The number of pyridine rings is 1. The first-order valence-electron chi connectivity index (χ1n) is 6.10. The van der Waals surface area contributed by atoms with Crippen molar-refractivity contribution in [2.24, 2.45) is 0 Å². The summed E-state index contributed by atoms with van der Waals surface area (Å²) in [7, 11) is 0. The van der Waals surface area contributed by atoms with E-state index in [-0.39, 0.29) is 0 Å². The van der Waals surface area contributed by atoms with Crippen LogP contribution in [0.4, 0.5) is 4.39 Å². The van der Waals surface area contributed by atoms with E-state index in [4.69, 9.17) is 11.6 Å². The van der Waals surface area contributed by atoms with Gasteiger partial charge in [-0.3, -0.25) is 0 Å². The highest BCUT2D eigenvalue weighted by molar-refractivity contribution is 6.30. The summed E-state index contributed by atoms with van der Waals surface area (Å²) >= 11 is 5.78. The Kier molecular flexibility index (Phi) is 3.10. The number of fused-ring (bicyclic) bond motifs is 1. The maximum atomic E-state index is 14.1. The molecule has 0 aliphatic heterocycles. The molecule has 0 atom stereocenters. The second-order valence-corrected chi connectivity index (χ2v) is 5.04. The van der Waals surface area contributed by atoms with Crippen LogP contribution in [-0.4, -0.2) is 15.0 Å². The smallest absolute Gasteiger partial charge is 0.134 e. The number of nitrogens with zero attached hydrogens (tertiary/aromatic N) is 3. The first-order valence-corrected chi connectivity index (χ1v) is 6.48. The Morgan fingerprint density at radius 1 is 1.10 bits per heavy atom. The molecule has 0 radical (unpaired) electrons. The average molecular weight is 288 g/mol. The molecule has 0 N–H and O–H groups in total. The van der Waals surface area contributed by atoms with Crippen LogP contribution in [0, 0.1) is 19.7 Å². The second kappa shape index (κ2) is 4.80. The summed E-state index contributed by atoms with van der Waals surface area (Å²) in [6, 6.07) is 6.44. The summed E-state index contributed by atoms with van der Waals surface area (Å²) in [5.74, 6) is -0.419. The maximum Gasteiger partial charge on any atom is 0.134 e. The molecule has 0 unspecified atom stereocenters. The Balaban J connectivity index is 2.33. The van der Waals surface area contributed by atoms with Crippen LogP contribution >= 0.6 is 11.6 Å². The van der Waals surface area contributed by atoms with Gasteiger partial charge in [0.25, 0.3) is 0 Å². The first kappa shape index (κ1) is 12.9. The fourth-order valence-corrected chi connectivity index (χ4v) is 2.21. The molecular weight excluding hydrogens is 277 g/mol. The average Bonchev–Trinajstić information content (AvgIpc) is 2.40. The van der Waals surface area contributed by atoms with Gasteiger partial charge in [-0.1, -0.05) is 11.6 Å². The van der Waals surface area contributed by atoms with E-state index in [1.807, 2.05) is 19.9 Å². The van der Waals surface area contributed by atoms with Crippen LogP contribution in [0.3, 0.4) is 0 Å². The van der Waals surface area contributed by atoms with Gasteiger partial charge in [-0.25, -0.2) is 19.3 Å². The summed E-state index contributed by atoms with van der Waals surface area (Å²) in [5.41, 5.74) is 4.07. The number of hydrogen-bond donors (Lipinski definition) is 0. The van der Waals surface area contributed by atoms with E-state index in [2.05, 4.69) is 15.0 Å². The third-order valence-corrected chi connectivity index (χ3v) is 3.48. The van der Waals surface area contributed by atoms with Crippen LogP contribution in [0.1, 0.15) is 11.3 Å². The Labute approximate surface area is 120 Å². The molecule has 0 aliphatic rings. The van der Waals surface area contributed by atoms with E-state index in [1.165, 1.54) is 12.4 Å². The van der Waals surface area contributed by atoms with Gasteiger partial charge in [0.15, 0.2) is 0 Å². The zero-order valence-corrected chi connectivity index (χ0v) is 11.7. The molecule has 1 aromatic carbocycles. The number of hydrogen-bond acceptors (Lipinski definition) is 3. The van der Waals surface area contributed by atoms with Crippen LogP contribution in [0.15, 0.2) is 30.6 Å². The number of benzene rings is 1. The van der Waals surface area contributed by atoms with Crippen LogP contribution in [0.2, 0.25) is 5.02 Å². The van der Waals surface area contributed by atoms with Gasteiger partial charge in [0.05, 0.1) is 5.52 Å². The zero-order chi connectivity index (χ0) is 14.3. The topological polar surface area (TPSA) is 38.7 Å². The first-order chi connectivity index (χ1) is 9.56.